The second-order valence-electron chi connectivity index (χ2n) is 5.10. The van der Waals surface area contributed by atoms with Crippen LogP contribution in [0.2, 0.25) is 0 Å². The van der Waals surface area contributed by atoms with Crippen LogP contribution in [0.15, 0.2) is 40.9 Å². The Morgan fingerprint density at radius 3 is 2.52 bits per heavy atom. The van der Waals surface area contributed by atoms with Gasteiger partial charge >= 0.3 is 0 Å². The quantitative estimate of drug-likeness (QED) is 0.541. The van der Waals surface area contributed by atoms with Gasteiger partial charge in [0.05, 0.1) is 23.1 Å². The molecule has 0 aliphatic rings. The molecule has 132 valence electrons. The number of nitrogens with one attached hydrogen (secondary N) is 1. The fourth-order valence-corrected chi connectivity index (χ4v) is 2.62. The van der Waals surface area contributed by atoms with Gasteiger partial charge in [-0.05, 0) is 46.6 Å². The molecule has 0 saturated carbocycles. The van der Waals surface area contributed by atoms with Crippen LogP contribution < -0.4 is 14.8 Å². The molecule has 7 nitrogen and oxygen atoms in total. The minimum Gasteiger partial charge on any atom is -0.493 e. The number of ether oxygens (including phenoxy) is 2. The van der Waals surface area contributed by atoms with Gasteiger partial charge < -0.3 is 14.8 Å². The van der Waals surface area contributed by atoms with Crippen molar-refractivity contribution in [3.05, 3.63) is 56.5 Å². The molecule has 8 heteroatoms. The highest BCUT2D eigenvalue weighted by Gasteiger charge is 2.16. The number of benzene rings is 2. The molecular weight excluding hydrogens is 392 g/mol. The molecule has 0 saturated heterocycles. The van der Waals surface area contributed by atoms with E-state index in [1.807, 2.05) is 6.92 Å². The number of hydrogen-bond donors (Lipinski definition) is 1. The van der Waals surface area contributed by atoms with Gasteiger partial charge in [0.25, 0.3) is 11.6 Å². The minimum absolute atomic E-state index is 0.0418. The maximum atomic E-state index is 12.4. The van der Waals surface area contributed by atoms with Crippen molar-refractivity contribution in [3.63, 3.8) is 0 Å². The van der Waals surface area contributed by atoms with Crippen molar-refractivity contribution >= 4 is 33.2 Å². The Bertz CT molecular complexity index is 777. The highest BCUT2D eigenvalue weighted by Crippen LogP contribution is 2.37. The molecule has 0 radical (unpaired) electrons. The summed E-state index contributed by atoms with van der Waals surface area (Å²) in [4.78, 5) is 22.6. The van der Waals surface area contributed by atoms with Gasteiger partial charge in [-0.25, -0.2) is 0 Å². The second kappa shape index (κ2) is 8.48. The van der Waals surface area contributed by atoms with E-state index in [9.17, 15) is 14.9 Å². The van der Waals surface area contributed by atoms with Crippen LogP contribution >= 0.6 is 15.9 Å². The molecule has 1 amide bonds. The van der Waals surface area contributed by atoms with Gasteiger partial charge in [-0.1, -0.05) is 6.92 Å². The van der Waals surface area contributed by atoms with Crippen LogP contribution in [0.3, 0.4) is 0 Å². The summed E-state index contributed by atoms with van der Waals surface area (Å²) in [7, 11) is 1.50. The molecule has 1 N–H and O–H groups in total. The number of nitrogens with zero attached hydrogens (tertiary/aromatic N) is 1. The number of nitro groups is 1. The number of halogens is 1. The van der Waals surface area contributed by atoms with Crippen LogP contribution in [0, 0.1) is 10.1 Å². The van der Waals surface area contributed by atoms with E-state index in [1.54, 1.807) is 12.1 Å². The number of non-ortho nitro benzene ring substituents is 1. The maximum Gasteiger partial charge on any atom is 0.269 e. The van der Waals surface area contributed by atoms with Gasteiger partial charge in [-0.3, -0.25) is 14.9 Å². The Balaban J connectivity index is 2.21. The summed E-state index contributed by atoms with van der Waals surface area (Å²) in [5, 5.41) is 13.3. The highest BCUT2D eigenvalue weighted by molar-refractivity contribution is 9.10. The summed E-state index contributed by atoms with van der Waals surface area (Å²) in [6.07, 6.45) is 0.845. The third-order valence-electron chi connectivity index (χ3n) is 3.28. The lowest BCUT2D eigenvalue weighted by Gasteiger charge is -2.14. The molecule has 0 atom stereocenters. The number of nitro benzene ring substituents is 1. The Hall–Kier alpha value is -2.61. The second-order valence-corrected chi connectivity index (χ2v) is 5.95. The first kappa shape index (κ1) is 18.7. The fourth-order valence-electron chi connectivity index (χ4n) is 2.06. The van der Waals surface area contributed by atoms with E-state index >= 15 is 0 Å². The Kier molecular flexibility index (Phi) is 6.35. The predicted molar refractivity (Wildman–Crippen MR) is 97.5 cm³/mol. The van der Waals surface area contributed by atoms with Crippen molar-refractivity contribution in [3.8, 4) is 11.5 Å². The Labute approximate surface area is 153 Å². The summed E-state index contributed by atoms with van der Waals surface area (Å²) >= 11 is 3.39. The fraction of sp³-hybridized carbons (Fsp3) is 0.235. The average molecular weight is 409 g/mol. The van der Waals surface area contributed by atoms with E-state index in [1.165, 1.54) is 31.4 Å². The first-order valence-electron chi connectivity index (χ1n) is 7.52. The third-order valence-corrected chi connectivity index (χ3v) is 3.87. The summed E-state index contributed by atoms with van der Waals surface area (Å²) < 4.78 is 11.5. The maximum absolute atomic E-state index is 12.4. The smallest absolute Gasteiger partial charge is 0.269 e. The molecule has 0 bridgehead atoms. The molecule has 0 fully saturated rings. The van der Waals surface area contributed by atoms with Crippen molar-refractivity contribution < 1.29 is 19.2 Å². The topological polar surface area (TPSA) is 90.7 Å². The molecule has 0 spiro atoms. The Morgan fingerprint density at radius 2 is 1.96 bits per heavy atom. The molecular formula is C17H17BrN2O5. The van der Waals surface area contributed by atoms with E-state index < -0.39 is 4.92 Å². The van der Waals surface area contributed by atoms with Crippen molar-refractivity contribution in [2.24, 2.45) is 0 Å². The summed E-state index contributed by atoms with van der Waals surface area (Å²) in [5.41, 5.74) is 0.780. The van der Waals surface area contributed by atoms with E-state index in [0.29, 0.717) is 33.8 Å². The molecule has 2 rings (SSSR count). The van der Waals surface area contributed by atoms with Gasteiger partial charge in [0, 0.05) is 23.4 Å². The molecule has 0 heterocycles. The summed E-state index contributed by atoms with van der Waals surface area (Å²) in [5.74, 6) is 0.614. The van der Waals surface area contributed by atoms with Crippen molar-refractivity contribution in [1.82, 2.24) is 0 Å². The summed E-state index contributed by atoms with van der Waals surface area (Å²) in [6.45, 7) is 2.52. The minimum atomic E-state index is -0.497. The van der Waals surface area contributed by atoms with Crippen LogP contribution in [-0.4, -0.2) is 24.5 Å². The van der Waals surface area contributed by atoms with Gasteiger partial charge in [0.2, 0.25) is 0 Å². The molecule has 25 heavy (non-hydrogen) atoms. The molecule has 0 aliphatic carbocycles. The molecule has 2 aromatic carbocycles. The normalized spacial score (nSPS) is 10.2. The van der Waals surface area contributed by atoms with Gasteiger partial charge in [-0.2, -0.15) is 0 Å². The number of carbonyl (C=O) groups is 1. The van der Waals surface area contributed by atoms with Crippen LogP contribution in [0.1, 0.15) is 23.7 Å². The number of anilines is 1. The largest absolute Gasteiger partial charge is 0.493 e. The van der Waals surface area contributed by atoms with E-state index in [4.69, 9.17) is 9.47 Å². The van der Waals surface area contributed by atoms with Crippen molar-refractivity contribution in [2.75, 3.05) is 19.0 Å². The zero-order chi connectivity index (χ0) is 18.4. The van der Waals surface area contributed by atoms with E-state index in [2.05, 4.69) is 21.2 Å². The SMILES string of the molecule is CCCOc1c(Br)cc(C(=O)Nc2ccc([N+](=O)[O-])cc2)cc1OC. The van der Waals surface area contributed by atoms with Crippen molar-refractivity contribution in [2.45, 2.75) is 13.3 Å². The lowest BCUT2D eigenvalue weighted by Crippen LogP contribution is -2.12. The zero-order valence-corrected chi connectivity index (χ0v) is 15.3. The van der Waals surface area contributed by atoms with Gasteiger partial charge in [0.1, 0.15) is 0 Å². The van der Waals surface area contributed by atoms with E-state index in [0.717, 1.165) is 6.42 Å². The van der Waals surface area contributed by atoms with Crippen molar-refractivity contribution in [1.29, 1.82) is 0 Å². The lowest BCUT2D eigenvalue weighted by atomic mass is 10.1. The number of hydrogen-bond acceptors (Lipinski definition) is 5. The number of rotatable bonds is 7. The van der Waals surface area contributed by atoms with Crippen LogP contribution in [-0.2, 0) is 0 Å². The van der Waals surface area contributed by atoms with Crippen LogP contribution in [0.4, 0.5) is 11.4 Å². The standard InChI is InChI=1S/C17H17BrN2O5/c1-3-8-25-16-14(18)9-11(10-15(16)24-2)17(21)19-12-4-6-13(7-5-12)20(22)23/h4-7,9-10H,3,8H2,1-2H3,(H,19,21). The molecule has 0 aromatic heterocycles. The molecule has 0 aliphatic heterocycles. The third kappa shape index (κ3) is 4.69. The van der Waals surface area contributed by atoms with E-state index in [-0.39, 0.29) is 11.6 Å². The summed E-state index contributed by atoms with van der Waals surface area (Å²) in [6, 6.07) is 8.81. The predicted octanol–water partition coefficient (Wildman–Crippen LogP) is 4.41. The first-order chi connectivity index (χ1) is 12.0. The highest BCUT2D eigenvalue weighted by atomic mass is 79.9. The average Bonchev–Trinajstić information content (AvgIpc) is 2.60. The number of methoxy groups -OCH3 is 1. The first-order valence-corrected chi connectivity index (χ1v) is 8.31. The van der Waals surface area contributed by atoms with Crippen LogP contribution in [0.25, 0.3) is 0 Å². The van der Waals surface area contributed by atoms with Crippen LogP contribution in [0.5, 0.6) is 11.5 Å². The van der Waals surface area contributed by atoms with Gasteiger partial charge in [-0.15, -0.1) is 0 Å². The zero-order valence-electron chi connectivity index (χ0n) is 13.7. The van der Waals surface area contributed by atoms with Gasteiger partial charge in [0.15, 0.2) is 11.5 Å². The molecule has 0 unspecified atom stereocenters. The monoisotopic (exact) mass is 408 g/mol. The number of amides is 1. The molecule has 2 aromatic rings. The lowest BCUT2D eigenvalue weighted by molar-refractivity contribution is -0.384. The Morgan fingerprint density at radius 1 is 1.28 bits per heavy atom. The number of carbonyl (C=O) groups excluding carboxylic acids is 1.